The zero-order valence-electron chi connectivity index (χ0n) is 13.8. The molecule has 0 unspecified atom stereocenters. The molecular weight excluding hydrogens is 342 g/mol. The second-order valence-electron chi connectivity index (χ2n) is 5.04. The van der Waals surface area contributed by atoms with Crippen LogP contribution >= 0.6 is 0 Å². The molecule has 0 fully saturated rings. The molecule has 0 bridgehead atoms. The van der Waals surface area contributed by atoms with Gasteiger partial charge in [-0.3, -0.25) is 19.9 Å². The largest absolute Gasteiger partial charge is 0.496 e. The SMILES string of the molecule is CNC(=O)c1cc2c(Oc3ncc([N+](=O)[O-])cn3)ccnc2cc1OC. The Hall–Kier alpha value is -3.82. The Balaban J connectivity index is 2.05. The van der Waals surface area contributed by atoms with E-state index in [-0.39, 0.29) is 17.6 Å². The van der Waals surface area contributed by atoms with Gasteiger partial charge in [-0.05, 0) is 12.1 Å². The molecule has 26 heavy (non-hydrogen) atoms. The van der Waals surface area contributed by atoms with Crippen molar-refractivity contribution in [3.63, 3.8) is 0 Å². The maximum Gasteiger partial charge on any atom is 0.322 e. The van der Waals surface area contributed by atoms with Gasteiger partial charge in [0.15, 0.2) is 0 Å². The smallest absolute Gasteiger partial charge is 0.322 e. The number of methoxy groups -OCH3 is 1. The fourth-order valence-electron chi connectivity index (χ4n) is 2.27. The summed E-state index contributed by atoms with van der Waals surface area (Å²) in [4.78, 5) is 34.0. The summed E-state index contributed by atoms with van der Waals surface area (Å²) in [6.07, 6.45) is 3.61. The monoisotopic (exact) mass is 355 g/mol. The summed E-state index contributed by atoms with van der Waals surface area (Å²) < 4.78 is 10.9. The highest BCUT2D eigenvalue weighted by Crippen LogP contribution is 2.32. The normalized spacial score (nSPS) is 10.4. The highest BCUT2D eigenvalue weighted by Gasteiger charge is 2.16. The first-order valence-corrected chi connectivity index (χ1v) is 7.36. The number of aromatic nitrogens is 3. The van der Waals surface area contributed by atoms with Crippen LogP contribution in [0.5, 0.6) is 17.5 Å². The van der Waals surface area contributed by atoms with Gasteiger partial charge in [0, 0.05) is 24.7 Å². The van der Waals surface area contributed by atoms with Gasteiger partial charge in [0.1, 0.15) is 23.9 Å². The zero-order chi connectivity index (χ0) is 18.7. The summed E-state index contributed by atoms with van der Waals surface area (Å²) in [6.45, 7) is 0. The number of benzene rings is 1. The Morgan fingerprint density at radius 3 is 2.54 bits per heavy atom. The maximum absolute atomic E-state index is 12.1. The van der Waals surface area contributed by atoms with Crippen molar-refractivity contribution in [2.24, 2.45) is 0 Å². The van der Waals surface area contributed by atoms with Gasteiger partial charge in [-0.1, -0.05) is 0 Å². The fourth-order valence-corrected chi connectivity index (χ4v) is 2.27. The number of carbonyl (C=O) groups excluding carboxylic acids is 1. The third kappa shape index (κ3) is 3.20. The van der Waals surface area contributed by atoms with Gasteiger partial charge in [-0.25, -0.2) is 0 Å². The lowest BCUT2D eigenvalue weighted by molar-refractivity contribution is -0.385. The van der Waals surface area contributed by atoms with Gasteiger partial charge >= 0.3 is 11.7 Å². The van der Waals surface area contributed by atoms with Gasteiger partial charge in [-0.15, -0.1) is 0 Å². The standard InChI is InChI=1S/C16H13N5O5/c1-17-15(22)11-5-10-12(6-14(11)25-2)18-4-3-13(10)26-16-19-7-9(8-20-16)21(23)24/h3-8H,1-2H3,(H,17,22). The minimum absolute atomic E-state index is 0.0691. The Kier molecular flexibility index (Phi) is 4.56. The summed E-state index contributed by atoms with van der Waals surface area (Å²) >= 11 is 0. The first-order valence-electron chi connectivity index (χ1n) is 7.36. The molecule has 3 aromatic rings. The number of amides is 1. The Bertz CT molecular complexity index is 990. The maximum atomic E-state index is 12.1. The number of nitro groups is 1. The molecule has 0 aliphatic rings. The molecule has 1 amide bonds. The molecule has 0 atom stereocenters. The predicted molar refractivity (Wildman–Crippen MR) is 90.4 cm³/mol. The van der Waals surface area contributed by atoms with Crippen molar-refractivity contribution in [2.75, 3.05) is 14.2 Å². The number of nitrogens with zero attached hydrogens (tertiary/aromatic N) is 4. The number of fused-ring (bicyclic) bond motifs is 1. The molecule has 2 heterocycles. The first-order chi connectivity index (χ1) is 12.5. The lowest BCUT2D eigenvalue weighted by atomic mass is 10.1. The molecule has 0 radical (unpaired) electrons. The fraction of sp³-hybridized carbons (Fsp3) is 0.125. The van der Waals surface area contributed by atoms with Crippen LogP contribution in [0.25, 0.3) is 10.9 Å². The topological polar surface area (TPSA) is 129 Å². The second-order valence-corrected chi connectivity index (χ2v) is 5.04. The molecule has 10 nitrogen and oxygen atoms in total. The van der Waals surface area contributed by atoms with Crippen LogP contribution in [0.15, 0.2) is 36.8 Å². The summed E-state index contributed by atoms with van der Waals surface area (Å²) in [7, 11) is 2.97. The predicted octanol–water partition coefficient (Wildman–Crippen LogP) is 2.09. The van der Waals surface area contributed by atoms with Crippen molar-refractivity contribution in [3.8, 4) is 17.5 Å². The van der Waals surface area contributed by atoms with E-state index < -0.39 is 4.92 Å². The van der Waals surface area contributed by atoms with E-state index in [4.69, 9.17) is 9.47 Å². The summed E-state index contributed by atoms with van der Waals surface area (Å²) in [6, 6.07) is 4.71. The molecule has 0 aliphatic carbocycles. The molecule has 10 heteroatoms. The third-order valence-electron chi connectivity index (χ3n) is 3.52. The van der Waals surface area contributed by atoms with E-state index in [1.54, 1.807) is 18.2 Å². The van der Waals surface area contributed by atoms with E-state index in [2.05, 4.69) is 20.3 Å². The van der Waals surface area contributed by atoms with Crippen LogP contribution in [0, 0.1) is 10.1 Å². The van der Waals surface area contributed by atoms with Crippen LogP contribution in [0.3, 0.4) is 0 Å². The molecule has 132 valence electrons. The van der Waals surface area contributed by atoms with Crippen LogP contribution in [-0.2, 0) is 0 Å². The molecule has 2 aromatic heterocycles. The summed E-state index contributed by atoms with van der Waals surface area (Å²) in [5, 5.41) is 13.7. The minimum Gasteiger partial charge on any atom is -0.496 e. The number of pyridine rings is 1. The average molecular weight is 355 g/mol. The molecule has 0 saturated carbocycles. The number of ether oxygens (including phenoxy) is 2. The van der Waals surface area contributed by atoms with Crippen LogP contribution < -0.4 is 14.8 Å². The Labute approximate surface area is 147 Å². The van der Waals surface area contributed by atoms with Crippen molar-refractivity contribution >= 4 is 22.5 Å². The molecular formula is C16H13N5O5. The van der Waals surface area contributed by atoms with Crippen LogP contribution in [0.2, 0.25) is 0 Å². The lowest BCUT2D eigenvalue weighted by Crippen LogP contribution is -2.18. The van der Waals surface area contributed by atoms with E-state index in [1.807, 2.05) is 0 Å². The Morgan fingerprint density at radius 1 is 1.19 bits per heavy atom. The highest BCUT2D eigenvalue weighted by atomic mass is 16.6. The number of nitrogens with one attached hydrogen (secondary N) is 1. The van der Waals surface area contributed by atoms with Gasteiger partial charge in [0.05, 0.1) is 23.1 Å². The van der Waals surface area contributed by atoms with Crippen molar-refractivity contribution in [1.29, 1.82) is 0 Å². The first kappa shape index (κ1) is 17.0. The summed E-state index contributed by atoms with van der Waals surface area (Å²) in [5.74, 6) is 0.384. The van der Waals surface area contributed by atoms with Crippen LogP contribution in [0.1, 0.15) is 10.4 Å². The third-order valence-corrected chi connectivity index (χ3v) is 3.52. The lowest BCUT2D eigenvalue weighted by Gasteiger charge is -2.11. The minimum atomic E-state index is -0.604. The Morgan fingerprint density at radius 2 is 1.92 bits per heavy atom. The van der Waals surface area contributed by atoms with E-state index >= 15 is 0 Å². The van der Waals surface area contributed by atoms with Crippen LogP contribution in [-0.4, -0.2) is 39.9 Å². The molecule has 1 aromatic carbocycles. The highest BCUT2D eigenvalue weighted by molar-refractivity contribution is 6.02. The molecule has 1 N–H and O–H groups in total. The number of hydrogen-bond donors (Lipinski definition) is 1. The van der Waals surface area contributed by atoms with Gasteiger partial charge in [-0.2, -0.15) is 9.97 Å². The van der Waals surface area contributed by atoms with Crippen LogP contribution in [0.4, 0.5) is 5.69 Å². The van der Waals surface area contributed by atoms with Crippen molar-refractivity contribution in [3.05, 3.63) is 52.5 Å². The van der Waals surface area contributed by atoms with E-state index in [1.165, 1.54) is 20.4 Å². The van der Waals surface area contributed by atoms with E-state index in [0.717, 1.165) is 12.4 Å². The van der Waals surface area contributed by atoms with Crippen molar-refractivity contribution < 1.29 is 19.2 Å². The van der Waals surface area contributed by atoms with Gasteiger partial charge in [0.25, 0.3) is 5.91 Å². The van der Waals surface area contributed by atoms with Gasteiger partial charge < -0.3 is 14.8 Å². The molecule has 0 spiro atoms. The molecule has 0 saturated heterocycles. The average Bonchev–Trinajstić information content (AvgIpc) is 2.67. The van der Waals surface area contributed by atoms with E-state index in [0.29, 0.717) is 28.0 Å². The second kappa shape index (κ2) is 6.97. The summed E-state index contributed by atoms with van der Waals surface area (Å²) in [5.41, 5.74) is 0.599. The number of hydrogen-bond acceptors (Lipinski definition) is 8. The number of rotatable bonds is 5. The zero-order valence-corrected chi connectivity index (χ0v) is 13.8. The molecule has 0 aliphatic heterocycles. The van der Waals surface area contributed by atoms with Gasteiger partial charge in [0.2, 0.25) is 0 Å². The quantitative estimate of drug-likeness (QED) is 0.544. The van der Waals surface area contributed by atoms with Crippen molar-refractivity contribution in [1.82, 2.24) is 20.3 Å². The number of carbonyl (C=O) groups is 1. The van der Waals surface area contributed by atoms with Crippen molar-refractivity contribution in [2.45, 2.75) is 0 Å². The molecule has 3 rings (SSSR count). The van der Waals surface area contributed by atoms with E-state index in [9.17, 15) is 14.9 Å².